The smallest absolute Gasteiger partial charge is 0.245 e. The lowest BCUT2D eigenvalue weighted by Gasteiger charge is -2.03. The van der Waals surface area contributed by atoms with Gasteiger partial charge in [0.1, 0.15) is 6.61 Å². The number of nitrogens with two attached hydrogens (primary N) is 1. The summed E-state index contributed by atoms with van der Waals surface area (Å²) < 4.78 is 0. The Bertz CT molecular complexity index is 109. The maximum atomic E-state index is 10.4. The van der Waals surface area contributed by atoms with Gasteiger partial charge in [0.15, 0.2) is 0 Å². The fourth-order valence-corrected chi connectivity index (χ4v) is 0.507. The van der Waals surface area contributed by atoms with Gasteiger partial charge < -0.3 is 15.7 Å². The van der Waals surface area contributed by atoms with Crippen molar-refractivity contribution in [3.8, 4) is 0 Å². The van der Waals surface area contributed by atoms with E-state index in [1.807, 2.05) is 0 Å². The Morgan fingerprint density at radius 2 is 2.18 bits per heavy atom. The minimum atomic E-state index is -0.463. The number of carbonyl (C=O) groups excluding carboxylic acids is 1. The van der Waals surface area contributed by atoms with E-state index in [0.29, 0.717) is 19.8 Å². The van der Waals surface area contributed by atoms with E-state index in [2.05, 4.69) is 16.1 Å². The second-order valence-corrected chi connectivity index (χ2v) is 1.89. The van der Waals surface area contributed by atoms with E-state index in [9.17, 15) is 4.79 Å². The first-order valence-corrected chi connectivity index (χ1v) is 3.33. The van der Waals surface area contributed by atoms with E-state index in [-0.39, 0.29) is 5.91 Å². The summed E-state index contributed by atoms with van der Waals surface area (Å²) in [5.74, 6) is 4.59. The summed E-state index contributed by atoms with van der Waals surface area (Å²) in [6.07, 6.45) is 0. The van der Waals surface area contributed by atoms with Crippen molar-refractivity contribution >= 4 is 5.91 Å². The van der Waals surface area contributed by atoms with Crippen LogP contribution in [0.15, 0.2) is 0 Å². The second-order valence-electron chi connectivity index (χ2n) is 1.89. The highest BCUT2D eigenvalue weighted by Gasteiger charge is 1.94. The molecule has 0 fully saturated rings. The van der Waals surface area contributed by atoms with Crippen LogP contribution < -0.4 is 21.9 Å². The Morgan fingerprint density at radius 3 is 2.73 bits per heavy atom. The molecule has 0 aliphatic rings. The van der Waals surface area contributed by atoms with Crippen LogP contribution in [-0.2, 0) is 4.79 Å². The predicted octanol–water partition coefficient (Wildman–Crippen LogP) is -2.89. The zero-order valence-electron chi connectivity index (χ0n) is 6.26. The average Bonchev–Trinajstić information content (AvgIpc) is 2.04. The number of carbonyl (C=O) groups is 1. The fraction of sp³-hybridized carbons (Fsp3) is 0.800. The second kappa shape index (κ2) is 7.42. The number of hydrogen-bond donors (Lipinski definition) is 5. The molecule has 0 bridgehead atoms. The van der Waals surface area contributed by atoms with E-state index in [1.165, 1.54) is 0 Å². The lowest BCUT2D eigenvalue weighted by molar-refractivity contribution is -0.123. The first-order valence-electron chi connectivity index (χ1n) is 3.33. The molecular formula is C5H14N4O2. The molecule has 0 spiro atoms. The molecule has 0 saturated carbocycles. The van der Waals surface area contributed by atoms with E-state index in [1.54, 1.807) is 0 Å². The van der Waals surface area contributed by atoms with Gasteiger partial charge in [-0.3, -0.25) is 10.6 Å². The van der Waals surface area contributed by atoms with Crippen molar-refractivity contribution < 1.29 is 9.90 Å². The van der Waals surface area contributed by atoms with Gasteiger partial charge in [-0.25, -0.2) is 5.43 Å². The van der Waals surface area contributed by atoms with Crippen molar-refractivity contribution in [1.29, 1.82) is 0 Å². The summed E-state index contributed by atoms with van der Waals surface area (Å²) in [6.45, 7) is 1.14. The molecule has 0 aromatic carbocycles. The summed E-state index contributed by atoms with van der Waals surface area (Å²) >= 11 is 0. The summed E-state index contributed by atoms with van der Waals surface area (Å²) in [5, 5.41) is 13.6. The minimum absolute atomic E-state index is 0.368. The Morgan fingerprint density at radius 1 is 1.45 bits per heavy atom. The van der Waals surface area contributed by atoms with Crippen molar-refractivity contribution in [3.63, 3.8) is 0 Å². The monoisotopic (exact) mass is 162 g/mol. The molecule has 11 heavy (non-hydrogen) atoms. The van der Waals surface area contributed by atoms with Crippen LogP contribution in [0.25, 0.3) is 0 Å². The van der Waals surface area contributed by atoms with Gasteiger partial charge in [-0.15, -0.1) is 0 Å². The van der Waals surface area contributed by atoms with Crippen LogP contribution in [0.2, 0.25) is 0 Å². The molecule has 0 aliphatic carbocycles. The van der Waals surface area contributed by atoms with Gasteiger partial charge >= 0.3 is 0 Å². The number of aliphatic hydroxyl groups is 1. The SMILES string of the molecule is NNCNCCNC(=O)CO. The Kier molecular flexibility index (Phi) is 6.95. The van der Waals surface area contributed by atoms with Crippen LogP contribution in [0.3, 0.4) is 0 Å². The van der Waals surface area contributed by atoms with Crippen LogP contribution >= 0.6 is 0 Å². The molecule has 1 amide bonds. The fourth-order valence-electron chi connectivity index (χ4n) is 0.507. The third-order valence-corrected chi connectivity index (χ3v) is 0.995. The first-order chi connectivity index (χ1) is 5.31. The van der Waals surface area contributed by atoms with Gasteiger partial charge in [0.05, 0.1) is 6.67 Å². The van der Waals surface area contributed by atoms with Gasteiger partial charge in [0, 0.05) is 13.1 Å². The van der Waals surface area contributed by atoms with Gasteiger partial charge in [0.2, 0.25) is 5.91 Å². The maximum absolute atomic E-state index is 10.4. The number of hydrogen-bond acceptors (Lipinski definition) is 5. The van der Waals surface area contributed by atoms with Gasteiger partial charge in [-0.05, 0) is 0 Å². The molecule has 0 rings (SSSR count). The van der Waals surface area contributed by atoms with E-state index < -0.39 is 6.61 Å². The van der Waals surface area contributed by atoms with Crippen LogP contribution in [0.4, 0.5) is 0 Å². The Labute approximate surface area is 65.1 Å². The van der Waals surface area contributed by atoms with Crippen LogP contribution in [0.5, 0.6) is 0 Å². The van der Waals surface area contributed by atoms with Gasteiger partial charge in [-0.2, -0.15) is 0 Å². The largest absolute Gasteiger partial charge is 0.387 e. The average molecular weight is 162 g/mol. The van der Waals surface area contributed by atoms with Crippen LogP contribution in [-0.4, -0.2) is 37.4 Å². The molecule has 0 radical (unpaired) electrons. The molecule has 6 heteroatoms. The molecule has 66 valence electrons. The van der Waals surface area contributed by atoms with Crippen molar-refractivity contribution in [2.75, 3.05) is 26.4 Å². The van der Waals surface area contributed by atoms with E-state index in [4.69, 9.17) is 10.9 Å². The molecule has 0 heterocycles. The van der Waals surface area contributed by atoms with Crippen molar-refractivity contribution in [2.24, 2.45) is 5.84 Å². The number of rotatable bonds is 6. The zero-order valence-corrected chi connectivity index (χ0v) is 6.26. The number of nitrogens with one attached hydrogen (secondary N) is 3. The lowest BCUT2D eigenvalue weighted by Crippen LogP contribution is -2.39. The summed E-state index contributed by atoms with van der Waals surface area (Å²) in [7, 11) is 0. The molecule has 6 nitrogen and oxygen atoms in total. The number of amides is 1. The molecule has 0 saturated heterocycles. The normalized spacial score (nSPS) is 9.64. The highest BCUT2D eigenvalue weighted by atomic mass is 16.3. The zero-order chi connectivity index (χ0) is 8.53. The van der Waals surface area contributed by atoms with Crippen molar-refractivity contribution in [3.05, 3.63) is 0 Å². The Hall–Kier alpha value is -0.690. The van der Waals surface area contributed by atoms with E-state index >= 15 is 0 Å². The number of aliphatic hydroxyl groups excluding tert-OH is 1. The van der Waals surface area contributed by atoms with Crippen LogP contribution in [0, 0.1) is 0 Å². The quantitative estimate of drug-likeness (QED) is 0.125. The van der Waals surface area contributed by atoms with Gasteiger partial charge in [-0.1, -0.05) is 0 Å². The van der Waals surface area contributed by atoms with Crippen molar-refractivity contribution in [1.82, 2.24) is 16.1 Å². The predicted molar refractivity (Wildman–Crippen MR) is 40.3 cm³/mol. The summed E-state index contributed by atoms with van der Waals surface area (Å²) in [6, 6.07) is 0. The molecule has 6 N–H and O–H groups in total. The molecule has 0 aliphatic heterocycles. The molecule has 0 unspecified atom stereocenters. The molecular weight excluding hydrogens is 148 g/mol. The maximum Gasteiger partial charge on any atom is 0.245 e. The topological polar surface area (TPSA) is 99.4 Å². The summed E-state index contributed by atoms with van der Waals surface area (Å²) in [5.41, 5.74) is 2.40. The first kappa shape index (κ1) is 10.3. The van der Waals surface area contributed by atoms with Crippen LogP contribution in [0.1, 0.15) is 0 Å². The third kappa shape index (κ3) is 7.20. The Balaban J connectivity index is 2.95. The minimum Gasteiger partial charge on any atom is -0.387 e. The third-order valence-electron chi connectivity index (χ3n) is 0.995. The summed E-state index contributed by atoms with van der Waals surface area (Å²) in [4.78, 5) is 10.4. The van der Waals surface area contributed by atoms with Gasteiger partial charge in [0.25, 0.3) is 0 Å². The molecule has 0 atom stereocenters. The lowest BCUT2D eigenvalue weighted by atomic mass is 10.5. The van der Waals surface area contributed by atoms with Crippen molar-refractivity contribution in [2.45, 2.75) is 0 Å². The van der Waals surface area contributed by atoms with E-state index in [0.717, 1.165) is 0 Å². The standard InChI is InChI=1S/C5H14N4O2/c6-9-4-7-1-2-8-5(11)3-10/h7,9-10H,1-4,6H2,(H,8,11). The molecule has 0 aromatic rings. The highest BCUT2D eigenvalue weighted by Crippen LogP contribution is 1.61. The molecule has 0 aromatic heterocycles. The number of hydrazine groups is 1. The highest BCUT2D eigenvalue weighted by molar-refractivity contribution is 5.76.